The Bertz CT molecular complexity index is 1020. The van der Waals surface area contributed by atoms with Crippen molar-refractivity contribution in [2.45, 2.75) is 19.4 Å². The van der Waals surface area contributed by atoms with Crippen molar-refractivity contribution in [3.63, 3.8) is 0 Å². The molecule has 0 aliphatic carbocycles. The van der Waals surface area contributed by atoms with Gasteiger partial charge in [-0.2, -0.15) is 0 Å². The summed E-state index contributed by atoms with van der Waals surface area (Å²) in [6.45, 7) is 3.47. The van der Waals surface area contributed by atoms with Gasteiger partial charge in [-0.1, -0.05) is 48.2 Å². The molecule has 28 heavy (non-hydrogen) atoms. The first-order valence-corrected chi connectivity index (χ1v) is 8.77. The van der Waals surface area contributed by atoms with Crippen LogP contribution in [0.4, 0.5) is 4.39 Å². The average Bonchev–Trinajstić information content (AvgIpc) is 2.69. The fraction of sp³-hybridized carbons (Fsp3) is 0.125. The fourth-order valence-corrected chi connectivity index (χ4v) is 2.41. The van der Waals surface area contributed by atoms with Gasteiger partial charge >= 0.3 is 5.97 Å². The zero-order valence-corrected chi connectivity index (χ0v) is 15.6. The Morgan fingerprint density at radius 1 is 0.929 bits per heavy atom. The van der Waals surface area contributed by atoms with Gasteiger partial charge in [0.2, 0.25) is 0 Å². The summed E-state index contributed by atoms with van der Waals surface area (Å²) in [6.07, 6.45) is 0. The van der Waals surface area contributed by atoms with E-state index in [-0.39, 0.29) is 11.3 Å². The third kappa shape index (κ3) is 5.21. The fourth-order valence-electron chi connectivity index (χ4n) is 2.41. The lowest BCUT2D eigenvalue weighted by Gasteiger charge is -2.21. The Labute approximate surface area is 163 Å². The molecule has 4 heteroatoms. The molecule has 0 radical (unpaired) electrons. The number of para-hydroxylation sites is 1. The Morgan fingerprint density at radius 2 is 1.57 bits per heavy atom. The molecule has 0 aliphatic heterocycles. The van der Waals surface area contributed by atoms with E-state index in [1.54, 1.807) is 38.1 Å². The third-order valence-electron chi connectivity index (χ3n) is 3.77. The van der Waals surface area contributed by atoms with Crippen LogP contribution in [0.25, 0.3) is 0 Å². The van der Waals surface area contributed by atoms with Gasteiger partial charge in [0.05, 0.1) is 5.56 Å². The van der Waals surface area contributed by atoms with Crippen LogP contribution in [0.2, 0.25) is 0 Å². The summed E-state index contributed by atoms with van der Waals surface area (Å²) < 4.78 is 25.3. The van der Waals surface area contributed by atoms with E-state index in [2.05, 4.69) is 11.8 Å². The molecule has 3 rings (SSSR count). The minimum absolute atomic E-state index is 0.0603. The Balaban J connectivity index is 1.77. The summed E-state index contributed by atoms with van der Waals surface area (Å²) in [7, 11) is 0. The van der Waals surface area contributed by atoms with Crippen molar-refractivity contribution in [3.8, 4) is 23.3 Å². The third-order valence-corrected chi connectivity index (χ3v) is 3.77. The van der Waals surface area contributed by atoms with Crippen LogP contribution in [0.1, 0.15) is 29.8 Å². The van der Waals surface area contributed by atoms with Crippen LogP contribution >= 0.6 is 0 Å². The van der Waals surface area contributed by atoms with Gasteiger partial charge in [0.1, 0.15) is 5.75 Å². The van der Waals surface area contributed by atoms with Gasteiger partial charge < -0.3 is 9.47 Å². The van der Waals surface area contributed by atoms with Crippen molar-refractivity contribution in [1.29, 1.82) is 0 Å². The van der Waals surface area contributed by atoms with E-state index in [4.69, 9.17) is 9.47 Å². The smallest absolute Gasteiger partial charge is 0.343 e. The number of ether oxygens (including phenoxy) is 2. The van der Waals surface area contributed by atoms with Gasteiger partial charge in [0.15, 0.2) is 17.2 Å². The summed E-state index contributed by atoms with van der Waals surface area (Å²) in [6, 6.07) is 22.0. The largest absolute Gasteiger partial charge is 0.472 e. The van der Waals surface area contributed by atoms with E-state index >= 15 is 0 Å². The lowest BCUT2D eigenvalue weighted by Crippen LogP contribution is -2.26. The highest BCUT2D eigenvalue weighted by Gasteiger charge is 2.20. The quantitative estimate of drug-likeness (QED) is 0.355. The summed E-state index contributed by atoms with van der Waals surface area (Å²) in [5.74, 6) is 5.17. The number of benzene rings is 3. The van der Waals surface area contributed by atoms with Crippen molar-refractivity contribution >= 4 is 5.97 Å². The van der Waals surface area contributed by atoms with Gasteiger partial charge in [-0.3, -0.25) is 0 Å². The molecule has 0 spiro atoms. The molecule has 140 valence electrons. The number of esters is 1. The van der Waals surface area contributed by atoms with Gasteiger partial charge in [0.25, 0.3) is 0 Å². The molecule has 3 aromatic carbocycles. The maximum atomic E-state index is 14.2. The SMILES string of the molecule is CC(C)(C#Cc1ccccc1)Oc1cc(C(=O)Oc2ccccc2)ccc1F. The van der Waals surface area contributed by atoms with Crippen molar-refractivity contribution in [3.05, 3.63) is 95.8 Å². The molecule has 0 bridgehead atoms. The maximum Gasteiger partial charge on any atom is 0.343 e. The van der Waals surface area contributed by atoms with Gasteiger partial charge in [-0.05, 0) is 56.3 Å². The average molecular weight is 374 g/mol. The molecule has 0 aromatic heterocycles. The first kappa shape index (κ1) is 19.2. The van der Waals surface area contributed by atoms with Crippen LogP contribution in [-0.4, -0.2) is 11.6 Å². The standard InChI is InChI=1S/C24H19FO3/c1-24(2,16-15-18-9-5-3-6-10-18)28-22-17-19(13-14-21(22)25)23(26)27-20-11-7-4-8-12-20/h3-14,17H,1-2H3. The van der Waals surface area contributed by atoms with Crippen LogP contribution in [0.5, 0.6) is 11.5 Å². The van der Waals surface area contributed by atoms with E-state index in [9.17, 15) is 9.18 Å². The molecular formula is C24H19FO3. The zero-order chi connectivity index (χ0) is 20.0. The first-order chi connectivity index (χ1) is 13.4. The van der Waals surface area contributed by atoms with Gasteiger partial charge in [0, 0.05) is 5.56 Å². The Morgan fingerprint density at radius 3 is 2.25 bits per heavy atom. The number of hydrogen-bond donors (Lipinski definition) is 0. The predicted octanol–water partition coefficient (Wildman–Crippen LogP) is 5.25. The van der Waals surface area contributed by atoms with Gasteiger partial charge in [-0.15, -0.1) is 0 Å². The monoisotopic (exact) mass is 374 g/mol. The van der Waals surface area contributed by atoms with E-state index in [1.807, 2.05) is 36.4 Å². The highest BCUT2D eigenvalue weighted by atomic mass is 19.1. The van der Waals surface area contributed by atoms with Crippen LogP contribution in [0, 0.1) is 17.7 Å². The number of rotatable bonds is 4. The molecular weight excluding hydrogens is 355 g/mol. The van der Waals surface area contributed by atoms with Crippen molar-refractivity contribution < 1.29 is 18.7 Å². The molecule has 0 atom stereocenters. The Hall–Kier alpha value is -3.58. The normalized spacial score (nSPS) is 10.5. The molecule has 3 nitrogen and oxygen atoms in total. The first-order valence-electron chi connectivity index (χ1n) is 8.77. The number of carbonyl (C=O) groups is 1. The highest BCUT2D eigenvalue weighted by molar-refractivity contribution is 5.91. The number of hydrogen-bond acceptors (Lipinski definition) is 3. The summed E-state index contributed by atoms with van der Waals surface area (Å²) >= 11 is 0. The van der Waals surface area contributed by atoms with Crippen molar-refractivity contribution in [2.75, 3.05) is 0 Å². The van der Waals surface area contributed by atoms with Crippen molar-refractivity contribution in [2.24, 2.45) is 0 Å². The molecule has 0 saturated carbocycles. The molecule has 3 aromatic rings. The van der Waals surface area contributed by atoms with Crippen LogP contribution in [0.3, 0.4) is 0 Å². The van der Waals surface area contributed by atoms with Crippen molar-refractivity contribution in [1.82, 2.24) is 0 Å². The zero-order valence-electron chi connectivity index (χ0n) is 15.6. The second-order valence-corrected chi connectivity index (χ2v) is 6.58. The topological polar surface area (TPSA) is 35.5 Å². The molecule has 0 aliphatic rings. The molecule has 0 heterocycles. The van der Waals surface area contributed by atoms with Crippen LogP contribution < -0.4 is 9.47 Å². The number of carbonyl (C=O) groups excluding carboxylic acids is 1. The van der Waals surface area contributed by atoms with Crippen LogP contribution in [0.15, 0.2) is 78.9 Å². The molecule has 0 unspecified atom stereocenters. The van der Waals surface area contributed by atoms with Crippen LogP contribution in [-0.2, 0) is 0 Å². The van der Waals surface area contributed by atoms with E-state index < -0.39 is 17.4 Å². The van der Waals surface area contributed by atoms with E-state index in [0.29, 0.717) is 5.75 Å². The predicted molar refractivity (Wildman–Crippen MR) is 106 cm³/mol. The molecule has 0 amide bonds. The second-order valence-electron chi connectivity index (χ2n) is 6.58. The Kier molecular flexibility index (Phi) is 5.76. The minimum Gasteiger partial charge on any atom is -0.472 e. The van der Waals surface area contributed by atoms with E-state index in [1.165, 1.54) is 18.2 Å². The van der Waals surface area contributed by atoms with Gasteiger partial charge in [-0.25, -0.2) is 9.18 Å². The second kappa shape index (κ2) is 8.41. The number of halogens is 1. The molecule has 0 fully saturated rings. The van der Waals surface area contributed by atoms with E-state index in [0.717, 1.165) is 5.56 Å². The lowest BCUT2D eigenvalue weighted by atomic mass is 10.1. The summed E-state index contributed by atoms with van der Waals surface area (Å²) in [5, 5.41) is 0. The highest BCUT2D eigenvalue weighted by Crippen LogP contribution is 2.24. The minimum atomic E-state index is -0.960. The summed E-state index contributed by atoms with van der Waals surface area (Å²) in [5.41, 5.74) is 0.0606. The molecule has 0 N–H and O–H groups in total. The maximum absolute atomic E-state index is 14.2. The summed E-state index contributed by atoms with van der Waals surface area (Å²) in [4.78, 5) is 12.3. The lowest BCUT2D eigenvalue weighted by molar-refractivity contribution is 0.0733. The molecule has 0 saturated heterocycles.